The number of nitrogens with two attached hydrogens (primary N) is 1. The minimum atomic E-state index is -3.94. The molecule has 3 atom stereocenters. The molecular weight excluding hydrogens is 532 g/mol. The maximum atomic E-state index is 13.6. The van der Waals surface area contributed by atoms with Gasteiger partial charge in [0.15, 0.2) is 0 Å². The Morgan fingerprint density at radius 2 is 1.70 bits per heavy atom. The summed E-state index contributed by atoms with van der Waals surface area (Å²) >= 11 is 0. The van der Waals surface area contributed by atoms with E-state index in [1.54, 1.807) is 31.3 Å². The number of nitrogens with zero attached hydrogens (tertiary/aromatic N) is 2. The maximum absolute atomic E-state index is 13.6. The summed E-state index contributed by atoms with van der Waals surface area (Å²) in [6.45, 7) is 3.80. The van der Waals surface area contributed by atoms with Gasteiger partial charge < -0.3 is 20.3 Å². The molecule has 2 aromatic carbocycles. The van der Waals surface area contributed by atoms with Crippen LogP contribution in [0.1, 0.15) is 25.0 Å². The Labute approximate surface area is 236 Å². The number of carbonyl (C=O) groups excluding carboxylic acids is 1. The van der Waals surface area contributed by atoms with Crippen molar-refractivity contribution in [3.8, 4) is 5.75 Å². The highest BCUT2D eigenvalue weighted by atomic mass is 32.2. The minimum Gasteiger partial charge on any atom is -0.497 e. The number of alkyl carbamates (subject to hydrolysis) is 2. The van der Waals surface area contributed by atoms with Crippen molar-refractivity contribution in [2.24, 2.45) is 5.92 Å². The molecule has 1 amide bonds. The summed E-state index contributed by atoms with van der Waals surface area (Å²) in [6.07, 6.45) is 0.0925. The largest absolute Gasteiger partial charge is 0.514 e. The van der Waals surface area contributed by atoms with Crippen molar-refractivity contribution in [2.75, 3.05) is 33.0 Å². The molecule has 11 heteroatoms. The highest BCUT2D eigenvalue weighted by Gasteiger charge is 2.37. The number of hydrogen-bond donors (Lipinski definition) is 3. The Morgan fingerprint density at radius 3 is 2.27 bits per heavy atom. The van der Waals surface area contributed by atoms with Gasteiger partial charge in [-0.15, -0.1) is 0 Å². The van der Waals surface area contributed by atoms with E-state index in [-0.39, 0.29) is 30.5 Å². The molecule has 216 valence electrons. The molecule has 0 aliphatic heterocycles. The van der Waals surface area contributed by atoms with Crippen molar-refractivity contribution in [3.63, 3.8) is 0 Å². The third kappa shape index (κ3) is 8.49. The van der Waals surface area contributed by atoms with Crippen LogP contribution in [-0.4, -0.2) is 68.3 Å². The molecule has 0 bridgehead atoms. The van der Waals surface area contributed by atoms with E-state index in [9.17, 15) is 18.3 Å². The summed E-state index contributed by atoms with van der Waals surface area (Å²) in [4.78, 5) is 17.5. The summed E-state index contributed by atoms with van der Waals surface area (Å²) < 4.78 is 39.2. The van der Waals surface area contributed by atoms with Gasteiger partial charge in [0.25, 0.3) is 0 Å². The predicted octanol–water partition coefficient (Wildman–Crippen LogP) is 2.14. The lowest BCUT2D eigenvalue weighted by atomic mass is 10.00. The number of hydrogen-bond acceptors (Lipinski definition) is 8. The van der Waals surface area contributed by atoms with Crippen LogP contribution in [0.3, 0.4) is 0 Å². The zero-order valence-corrected chi connectivity index (χ0v) is 24.2. The minimum absolute atomic E-state index is 0.00337. The zero-order chi connectivity index (χ0) is 29.3. The van der Waals surface area contributed by atoms with Crippen LogP contribution in [0.5, 0.6) is 5.75 Å². The van der Waals surface area contributed by atoms with Crippen molar-refractivity contribution in [1.82, 2.24) is 9.29 Å². The van der Waals surface area contributed by atoms with Crippen molar-refractivity contribution in [3.05, 3.63) is 84.1 Å². The second kappa shape index (κ2) is 14.2. The Balaban J connectivity index is 1.84. The first-order valence-electron chi connectivity index (χ1n) is 13.1. The molecule has 0 fully saturated rings. The van der Waals surface area contributed by atoms with Crippen LogP contribution in [0.15, 0.2) is 77.8 Å². The first-order chi connectivity index (χ1) is 19.0. The Morgan fingerprint density at radius 1 is 1.02 bits per heavy atom. The molecule has 3 rings (SSSR count). The number of nitrogen functional groups attached to an aromatic ring is 1. The number of methoxy groups -OCH3 is 1. The number of anilines is 1. The molecule has 0 radical (unpaired) electrons. The summed E-state index contributed by atoms with van der Waals surface area (Å²) in [6, 6.07) is 18.2. The summed E-state index contributed by atoms with van der Waals surface area (Å²) in [5, 5.41) is 11.5. The average Bonchev–Trinajstić information content (AvgIpc) is 2.95. The smallest absolute Gasteiger partial charge is 0.497 e. The normalized spacial score (nSPS) is 14.1. The zero-order valence-electron chi connectivity index (χ0n) is 23.4. The number of ether oxygens (including phenoxy) is 2. The van der Waals surface area contributed by atoms with E-state index in [1.165, 1.54) is 29.7 Å². The average molecular weight is 572 g/mol. The van der Waals surface area contributed by atoms with Crippen molar-refractivity contribution in [2.45, 2.75) is 43.9 Å². The summed E-state index contributed by atoms with van der Waals surface area (Å²) in [5.41, 5.74) is 7.19. The van der Waals surface area contributed by atoms with Gasteiger partial charge in [0.05, 0.1) is 19.1 Å². The van der Waals surface area contributed by atoms with Gasteiger partial charge >= 0.3 is 6.09 Å². The molecule has 0 spiro atoms. The van der Waals surface area contributed by atoms with Gasteiger partial charge in [0.1, 0.15) is 30.3 Å². The van der Waals surface area contributed by atoms with Gasteiger partial charge in [-0.3, -0.25) is 0 Å². The molecule has 0 saturated carbocycles. The van der Waals surface area contributed by atoms with Crippen LogP contribution >= 0.6 is 0 Å². The van der Waals surface area contributed by atoms with E-state index in [0.29, 0.717) is 28.5 Å². The second-order valence-corrected chi connectivity index (χ2v) is 12.0. The topological polar surface area (TPSA) is 136 Å². The lowest BCUT2D eigenvalue weighted by Gasteiger charge is -2.31. The van der Waals surface area contributed by atoms with E-state index in [0.717, 1.165) is 5.56 Å². The lowest BCUT2D eigenvalue weighted by Crippen LogP contribution is -3.17. The van der Waals surface area contributed by atoms with Crippen molar-refractivity contribution < 1.29 is 32.7 Å². The van der Waals surface area contributed by atoms with Crippen LogP contribution in [0.2, 0.25) is 0 Å². The van der Waals surface area contributed by atoms with Crippen LogP contribution in [0, 0.1) is 5.92 Å². The SMILES string of the molecule is COc1ccc(S(=O)(=O)N(CC(C)C)C[C@@H](O)[C@H](Cc2ccccc2)[NH+](C)C(=O)OCc2ccc(N)nc2)cc1. The second-order valence-electron chi connectivity index (χ2n) is 10.1. The molecule has 10 nitrogen and oxygen atoms in total. The summed E-state index contributed by atoms with van der Waals surface area (Å²) in [7, 11) is -0.819. The number of sulfonamides is 1. The van der Waals surface area contributed by atoms with E-state index in [2.05, 4.69) is 4.98 Å². The number of aliphatic hydroxyl groups excluding tert-OH is 1. The number of nitrogens with one attached hydrogen (secondary N) is 1. The Kier molecular flexibility index (Phi) is 11.0. The van der Waals surface area contributed by atoms with Gasteiger partial charge in [-0.25, -0.2) is 18.3 Å². The molecule has 0 aliphatic rings. The van der Waals surface area contributed by atoms with Crippen LogP contribution in [-0.2, 0) is 27.8 Å². The number of benzene rings is 2. The van der Waals surface area contributed by atoms with Crippen molar-refractivity contribution in [1.29, 1.82) is 0 Å². The Hall–Kier alpha value is -3.51. The molecule has 4 N–H and O–H groups in total. The number of pyridine rings is 1. The van der Waals surface area contributed by atoms with Crippen LogP contribution in [0.4, 0.5) is 10.6 Å². The number of carbonyl (C=O) groups is 1. The van der Waals surface area contributed by atoms with Crippen molar-refractivity contribution >= 4 is 21.9 Å². The molecular formula is C29H39N4O6S+. The highest BCUT2D eigenvalue weighted by molar-refractivity contribution is 7.89. The monoisotopic (exact) mass is 571 g/mol. The van der Waals surface area contributed by atoms with E-state index < -0.39 is 28.3 Å². The number of rotatable bonds is 13. The number of amides is 1. The number of likely N-dealkylation sites (N-methyl/N-ethyl adjacent to an activating group) is 1. The van der Waals surface area contributed by atoms with Gasteiger partial charge in [0, 0.05) is 31.3 Å². The first-order valence-corrected chi connectivity index (χ1v) is 14.5. The third-order valence-corrected chi connectivity index (χ3v) is 8.36. The lowest BCUT2D eigenvalue weighted by molar-refractivity contribution is -0.835. The number of quaternary nitrogens is 1. The fourth-order valence-electron chi connectivity index (χ4n) is 4.29. The maximum Gasteiger partial charge on any atom is 0.514 e. The molecule has 40 heavy (non-hydrogen) atoms. The van der Waals surface area contributed by atoms with E-state index in [1.807, 2.05) is 44.2 Å². The molecule has 3 aromatic rings. The van der Waals surface area contributed by atoms with Crippen LogP contribution in [0.25, 0.3) is 0 Å². The summed E-state index contributed by atoms with van der Waals surface area (Å²) in [5.74, 6) is 0.895. The molecule has 1 unspecified atom stereocenters. The quantitative estimate of drug-likeness (QED) is 0.284. The van der Waals surface area contributed by atoms with E-state index >= 15 is 0 Å². The highest BCUT2D eigenvalue weighted by Crippen LogP contribution is 2.21. The molecule has 0 aliphatic carbocycles. The van der Waals surface area contributed by atoms with Gasteiger partial charge in [-0.05, 0) is 41.8 Å². The van der Waals surface area contributed by atoms with Gasteiger partial charge in [-0.1, -0.05) is 50.2 Å². The fraction of sp³-hybridized carbons (Fsp3) is 0.379. The first kappa shape index (κ1) is 31.0. The van der Waals surface area contributed by atoms with Gasteiger partial charge in [-0.2, -0.15) is 9.10 Å². The molecule has 1 heterocycles. The van der Waals surface area contributed by atoms with Crippen LogP contribution < -0.4 is 15.4 Å². The number of aromatic nitrogens is 1. The third-order valence-electron chi connectivity index (χ3n) is 6.52. The molecule has 0 saturated heterocycles. The number of aliphatic hydroxyl groups is 1. The van der Waals surface area contributed by atoms with E-state index in [4.69, 9.17) is 15.2 Å². The van der Waals surface area contributed by atoms with Gasteiger partial charge in [0.2, 0.25) is 10.0 Å². The Bertz CT molecular complexity index is 1320. The predicted molar refractivity (Wildman–Crippen MR) is 152 cm³/mol. The standard InChI is InChI=1S/C29H38N4O6S/c1-21(2)18-33(40(36,37)25-13-11-24(38-4)12-14-25)19-27(34)26(16-22-8-6-5-7-9-22)32(3)29(35)39-20-23-10-15-28(30)31-17-23/h5-15,17,21,26-27,34H,16,18-20H2,1-4H3,(H2,30,31)/p+1/t26-,27+/m0/s1. The fourth-order valence-corrected chi connectivity index (χ4v) is 5.91. The molecule has 1 aromatic heterocycles.